The van der Waals surface area contributed by atoms with Crippen LogP contribution in [0.15, 0.2) is 53.4 Å². The number of hydrogen-bond acceptors (Lipinski definition) is 4. The molecule has 5 N–H and O–H groups in total. The molecule has 0 aliphatic carbocycles. The van der Waals surface area contributed by atoms with Crippen molar-refractivity contribution in [2.24, 2.45) is 5.73 Å². The van der Waals surface area contributed by atoms with Crippen molar-refractivity contribution in [2.75, 3.05) is 18.4 Å². The Kier molecular flexibility index (Phi) is 6.91. The number of amides is 3. The molecule has 2 aromatic rings. The number of nitrogens with two attached hydrogens (primary N) is 1. The van der Waals surface area contributed by atoms with Crippen LogP contribution in [0.2, 0.25) is 0 Å². The van der Waals surface area contributed by atoms with E-state index in [1.165, 1.54) is 12.1 Å². The largest absolute Gasteiger partial charge is 0.369 e. The van der Waals surface area contributed by atoms with Crippen LogP contribution >= 0.6 is 0 Å². The molecule has 0 aromatic heterocycles. The van der Waals surface area contributed by atoms with E-state index in [0.29, 0.717) is 17.8 Å². The van der Waals surface area contributed by atoms with E-state index >= 15 is 0 Å². The molecule has 0 bridgehead atoms. The molecule has 144 valence electrons. The third-order valence-corrected chi connectivity index (χ3v) is 4.97. The maximum Gasteiger partial charge on any atom is 0.319 e. The normalized spacial score (nSPS) is 11.0. The van der Waals surface area contributed by atoms with Crippen LogP contribution in [0.5, 0.6) is 0 Å². The molecule has 0 saturated heterocycles. The first-order chi connectivity index (χ1) is 12.8. The molecule has 0 spiro atoms. The van der Waals surface area contributed by atoms with Crippen molar-refractivity contribution in [3.8, 4) is 11.1 Å². The minimum atomic E-state index is -3.86. The van der Waals surface area contributed by atoms with Gasteiger partial charge in [0.05, 0.1) is 11.4 Å². The second-order valence-electron chi connectivity index (χ2n) is 5.78. The van der Waals surface area contributed by atoms with Crippen molar-refractivity contribution in [3.63, 3.8) is 0 Å². The van der Waals surface area contributed by atoms with E-state index in [9.17, 15) is 18.0 Å². The standard InChI is InChI=1S/C18H22N4O4S/c1-2-9-20-18(24)22-15-7-3-5-13(10-15)14-6-4-8-16(11-14)27(25,26)21-12-17(19)23/h3-8,10-11,21H,2,9,12H2,1H3,(H2,19,23)(H2,20,22,24). The molecule has 0 aliphatic rings. The zero-order chi connectivity index (χ0) is 19.9. The first kappa shape index (κ1) is 20.4. The lowest BCUT2D eigenvalue weighted by molar-refractivity contribution is -0.116. The molecule has 2 rings (SSSR count). The van der Waals surface area contributed by atoms with Crippen LogP contribution in [0.4, 0.5) is 10.5 Å². The monoisotopic (exact) mass is 390 g/mol. The van der Waals surface area contributed by atoms with Crippen LogP contribution < -0.4 is 21.1 Å². The second-order valence-corrected chi connectivity index (χ2v) is 7.55. The smallest absolute Gasteiger partial charge is 0.319 e. The highest BCUT2D eigenvalue weighted by atomic mass is 32.2. The molecule has 2 aromatic carbocycles. The summed E-state index contributed by atoms with van der Waals surface area (Å²) >= 11 is 0. The van der Waals surface area contributed by atoms with Gasteiger partial charge < -0.3 is 16.4 Å². The van der Waals surface area contributed by atoms with E-state index in [-0.39, 0.29) is 10.9 Å². The average Bonchev–Trinajstić information content (AvgIpc) is 2.65. The predicted octanol–water partition coefficient (Wildman–Crippen LogP) is 1.65. The lowest BCUT2D eigenvalue weighted by Gasteiger charge is -2.10. The molecule has 8 nitrogen and oxygen atoms in total. The fraction of sp³-hybridized carbons (Fsp3) is 0.222. The van der Waals surface area contributed by atoms with Gasteiger partial charge in [-0.15, -0.1) is 0 Å². The number of rotatable bonds is 8. The minimum Gasteiger partial charge on any atom is -0.369 e. The number of nitrogens with one attached hydrogen (secondary N) is 3. The van der Waals surface area contributed by atoms with Gasteiger partial charge >= 0.3 is 6.03 Å². The maximum atomic E-state index is 12.2. The highest BCUT2D eigenvalue weighted by Gasteiger charge is 2.15. The minimum absolute atomic E-state index is 0.0142. The van der Waals surface area contributed by atoms with Crippen molar-refractivity contribution in [1.82, 2.24) is 10.0 Å². The van der Waals surface area contributed by atoms with Crippen LogP contribution in [0, 0.1) is 0 Å². The zero-order valence-corrected chi connectivity index (χ0v) is 15.7. The summed E-state index contributed by atoms with van der Waals surface area (Å²) in [5, 5.41) is 5.45. The van der Waals surface area contributed by atoms with Crippen molar-refractivity contribution in [1.29, 1.82) is 0 Å². The van der Waals surface area contributed by atoms with Gasteiger partial charge in [-0.05, 0) is 41.8 Å². The van der Waals surface area contributed by atoms with E-state index in [2.05, 4.69) is 15.4 Å². The molecular formula is C18H22N4O4S. The summed E-state index contributed by atoms with van der Waals surface area (Å²) in [7, 11) is -3.86. The summed E-state index contributed by atoms with van der Waals surface area (Å²) in [5.41, 5.74) is 6.94. The number of hydrogen-bond donors (Lipinski definition) is 4. The van der Waals surface area contributed by atoms with Gasteiger partial charge in [0.15, 0.2) is 0 Å². The van der Waals surface area contributed by atoms with Crippen LogP contribution in [0.1, 0.15) is 13.3 Å². The molecule has 0 unspecified atom stereocenters. The Balaban J connectivity index is 2.23. The number of primary amides is 1. The molecule has 0 fully saturated rings. The van der Waals surface area contributed by atoms with Gasteiger partial charge in [-0.25, -0.2) is 17.9 Å². The quantitative estimate of drug-likeness (QED) is 0.546. The number of urea groups is 1. The zero-order valence-electron chi connectivity index (χ0n) is 14.9. The molecule has 0 radical (unpaired) electrons. The fourth-order valence-corrected chi connectivity index (χ4v) is 3.32. The van der Waals surface area contributed by atoms with Gasteiger partial charge in [0.1, 0.15) is 0 Å². The van der Waals surface area contributed by atoms with Crippen LogP contribution in [-0.2, 0) is 14.8 Å². The van der Waals surface area contributed by atoms with Crippen LogP contribution in [0.25, 0.3) is 11.1 Å². The number of sulfonamides is 1. The summed E-state index contributed by atoms with van der Waals surface area (Å²) in [6, 6.07) is 13.0. The Morgan fingerprint density at radius 3 is 2.37 bits per heavy atom. The molecule has 27 heavy (non-hydrogen) atoms. The third-order valence-electron chi connectivity index (χ3n) is 3.57. The molecule has 0 aliphatic heterocycles. The van der Waals surface area contributed by atoms with Gasteiger partial charge in [-0.1, -0.05) is 31.2 Å². The number of carbonyl (C=O) groups excluding carboxylic acids is 2. The van der Waals surface area contributed by atoms with E-state index in [0.717, 1.165) is 12.0 Å². The van der Waals surface area contributed by atoms with Gasteiger partial charge in [-0.2, -0.15) is 0 Å². The Morgan fingerprint density at radius 1 is 1.04 bits per heavy atom. The van der Waals surface area contributed by atoms with Crippen LogP contribution in [-0.4, -0.2) is 33.4 Å². The molecule has 3 amide bonds. The number of anilines is 1. The maximum absolute atomic E-state index is 12.2. The second kappa shape index (κ2) is 9.15. The lowest BCUT2D eigenvalue weighted by Crippen LogP contribution is -2.33. The highest BCUT2D eigenvalue weighted by molar-refractivity contribution is 7.89. The summed E-state index contributed by atoms with van der Waals surface area (Å²) in [6.07, 6.45) is 0.832. The summed E-state index contributed by atoms with van der Waals surface area (Å²) in [6.45, 7) is 2.06. The average molecular weight is 390 g/mol. The Bertz CT molecular complexity index is 928. The molecule has 9 heteroatoms. The highest BCUT2D eigenvalue weighted by Crippen LogP contribution is 2.25. The van der Waals surface area contributed by atoms with Crippen molar-refractivity contribution in [3.05, 3.63) is 48.5 Å². The summed E-state index contributed by atoms with van der Waals surface area (Å²) in [5.74, 6) is -0.769. The Morgan fingerprint density at radius 2 is 1.70 bits per heavy atom. The topological polar surface area (TPSA) is 130 Å². The van der Waals surface area contributed by atoms with E-state index in [1.807, 2.05) is 6.92 Å². The van der Waals surface area contributed by atoms with Gasteiger partial charge in [0.2, 0.25) is 15.9 Å². The molecule has 0 heterocycles. The van der Waals surface area contributed by atoms with E-state index in [4.69, 9.17) is 5.73 Å². The van der Waals surface area contributed by atoms with Crippen molar-refractivity contribution < 1.29 is 18.0 Å². The summed E-state index contributed by atoms with van der Waals surface area (Å²) < 4.78 is 26.6. The predicted molar refractivity (Wildman–Crippen MR) is 104 cm³/mol. The van der Waals surface area contributed by atoms with Crippen LogP contribution in [0.3, 0.4) is 0 Å². The lowest BCUT2D eigenvalue weighted by atomic mass is 10.1. The fourth-order valence-electron chi connectivity index (χ4n) is 2.28. The van der Waals surface area contributed by atoms with Crippen molar-refractivity contribution >= 4 is 27.6 Å². The number of benzene rings is 2. The van der Waals surface area contributed by atoms with Gasteiger partial charge in [-0.3, -0.25) is 4.79 Å². The molecule has 0 saturated carbocycles. The molecule has 0 atom stereocenters. The summed E-state index contributed by atoms with van der Waals surface area (Å²) in [4.78, 5) is 22.6. The van der Waals surface area contributed by atoms with Gasteiger partial charge in [0, 0.05) is 12.2 Å². The molecular weight excluding hydrogens is 368 g/mol. The Labute approximate surface area is 158 Å². The first-order valence-corrected chi connectivity index (χ1v) is 9.83. The van der Waals surface area contributed by atoms with E-state index < -0.39 is 22.5 Å². The third kappa shape index (κ3) is 6.08. The first-order valence-electron chi connectivity index (χ1n) is 8.35. The Hall–Kier alpha value is -2.91. The van der Waals surface area contributed by atoms with Gasteiger partial charge in [0.25, 0.3) is 0 Å². The van der Waals surface area contributed by atoms with E-state index in [1.54, 1.807) is 36.4 Å². The number of carbonyl (C=O) groups is 2. The SMILES string of the molecule is CCCNC(=O)Nc1cccc(-c2cccc(S(=O)(=O)NCC(N)=O)c2)c1. The van der Waals surface area contributed by atoms with Crippen molar-refractivity contribution in [2.45, 2.75) is 18.2 Å².